The highest BCUT2D eigenvalue weighted by Gasteiger charge is 2.57. The molecule has 0 bridgehead atoms. The van der Waals surface area contributed by atoms with Crippen molar-refractivity contribution >= 4 is 5.91 Å². The van der Waals surface area contributed by atoms with Gasteiger partial charge in [-0.25, -0.2) is 9.37 Å². The van der Waals surface area contributed by atoms with E-state index in [2.05, 4.69) is 15.0 Å². The number of phenolic OH excluding ortho intramolecular Hbond substituents is 1. The van der Waals surface area contributed by atoms with E-state index < -0.39 is 59.3 Å². The summed E-state index contributed by atoms with van der Waals surface area (Å²) in [7, 11) is 0. The lowest BCUT2D eigenvalue weighted by Crippen LogP contribution is -2.51. The Morgan fingerprint density at radius 1 is 1.16 bits per heavy atom. The van der Waals surface area contributed by atoms with Crippen molar-refractivity contribution < 1.29 is 50.8 Å². The molecule has 1 aliphatic heterocycles. The summed E-state index contributed by atoms with van der Waals surface area (Å²) < 4.78 is 92.7. The van der Waals surface area contributed by atoms with E-state index in [1.54, 1.807) is 6.92 Å². The molecular weight excluding hydrogens is 596 g/mol. The van der Waals surface area contributed by atoms with Crippen LogP contribution in [0.5, 0.6) is 17.2 Å². The Balaban J connectivity index is 1.50. The molecule has 0 unspecified atom stereocenters. The van der Waals surface area contributed by atoms with Crippen molar-refractivity contribution in [3.05, 3.63) is 71.2 Å². The van der Waals surface area contributed by atoms with Crippen molar-refractivity contribution in [2.24, 2.45) is 5.92 Å². The Labute approximate surface area is 248 Å². The molecule has 5 rings (SSSR count). The van der Waals surface area contributed by atoms with Crippen LogP contribution < -0.4 is 20.1 Å². The van der Waals surface area contributed by atoms with Gasteiger partial charge in [-0.05, 0) is 73.8 Å². The van der Waals surface area contributed by atoms with Gasteiger partial charge in [-0.15, -0.1) is 0 Å². The van der Waals surface area contributed by atoms with Gasteiger partial charge in [-0.2, -0.15) is 22.0 Å². The summed E-state index contributed by atoms with van der Waals surface area (Å²) in [5, 5.41) is 26.5. The summed E-state index contributed by atoms with van der Waals surface area (Å²) in [4.78, 5) is 16.9. The van der Waals surface area contributed by atoms with E-state index in [0.29, 0.717) is 18.0 Å². The fraction of sp³-hybridized carbons (Fsp3) is 0.400. The van der Waals surface area contributed by atoms with Crippen LogP contribution in [0.15, 0.2) is 48.5 Å². The molecule has 1 aromatic heterocycles. The third-order valence-corrected chi connectivity index (χ3v) is 7.76. The van der Waals surface area contributed by atoms with Gasteiger partial charge in [0.25, 0.3) is 5.91 Å². The van der Waals surface area contributed by atoms with Gasteiger partial charge in [0.2, 0.25) is 5.60 Å². The minimum Gasteiger partial charge on any atom is -0.504 e. The zero-order valence-corrected chi connectivity index (χ0v) is 23.4. The molecule has 1 fully saturated rings. The van der Waals surface area contributed by atoms with E-state index in [4.69, 9.17) is 4.74 Å². The number of carbonyl (C=O) groups is 1. The van der Waals surface area contributed by atoms with Gasteiger partial charge in [-0.3, -0.25) is 4.79 Å². The summed E-state index contributed by atoms with van der Waals surface area (Å²) >= 11 is 0. The van der Waals surface area contributed by atoms with Gasteiger partial charge in [0.15, 0.2) is 11.5 Å². The number of hydrogen-bond donors (Lipinski definition) is 4. The molecule has 8 nitrogen and oxygen atoms in total. The van der Waals surface area contributed by atoms with Crippen LogP contribution in [0.2, 0.25) is 0 Å². The number of halogens is 6. The lowest BCUT2D eigenvalue weighted by molar-refractivity contribution is -0.265. The Bertz CT molecular complexity index is 1530. The maximum atomic E-state index is 14.6. The van der Waals surface area contributed by atoms with Gasteiger partial charge in [0.1, 0.15) is 17.3 Å². The highest BCUT2D eigenvalue weighted by atomic mass is 19.4. The summed E-state index contributed by atoms with van der Waals surface area (Å²) in [5.41, 5.74) is -5.19. The fourth-order valence-electron chi connectivity index (χ4n) is 4.97. The topological polar surface area (TPSA) is 113 Å². The van der Waals surface area contributed by atoms with Crippen LogP contribution in [0.4, 0.5) is 26.3 Å². The molecule has 44 heavy (non-hydrogen) atoms. The SMILES string of the molecule is C[C@]1(CNCC2CC2)COc2c1cc([C@@](O)(CNC(=O)c1ccc(OC(F)F)c(O)c1)C(F)(F)F)nc2-c1ccc(F)cc1. The van der Waals surface area contributed by atoms with E-state index in [9.17, 15) is 41.4 Å². The molecule has 2 heterocycles. The molecular formula is C30H29F6N3O5. The van der Waals surface area contributed by atoms with Crippen molar-refractivity contribution in [2.45, 2.75) is 43.6 Å². The van der Waals surface area contributed by atoms with Crippen molar-refractivity contribution in [3.8, 4) is 28.5 Å². The predicted molar refractivity (Wildman–Crippen MR) is 145 cm³/mol. The molecule has 2 atom stereocenters. The monoisotopic (exact) mass is 625 g/mol. The first kappa shape index (κ1) is 31.4. The number of amides is 1. The second kappa shape index (κ2) is 11.8. The first-order chi connectivity index (χ1) is 20.7. The van der Waals surface area contributed by atoms with Gasteiger partial charge < -0.3 is 30.3 Å². The average molecular weight is 626 g/mol. The Hall–Kier alpha value is -4.04. The fourth-order valence-corrected chi connectivity index (χ4v) is 4.97. The van der Waals surface area contributed by atoms with Gasteiger partial charge >= 0.3 is 12.8 Å². The molecule has 1 saturated carbocycles. The quantitative estimate of drug-likeness (QED) is 0.221. The molecule has 2 aromatic carbocycles. The van der Waals surface area contributed by atoms with Crippen LogP contribution >= 0.6 is 0 Å². The van der Waals surface area contributed by atoms with Gasteiger partial charge in [-0.1, -0.05) is 6.92 Å². The highest BCUT2D eigenvalue weighted by Crippen LogP contribution is 2.47. The first-order valence-corrected chi connectivity index (χ1v) is 13.7. The number of aliphatic hydroxyl groups is 1. The summed E-state index contributed by atoms with van der Waals surface area (Å²) in [6.07, 6.45) is -3.16. The smallest absolute Gasteiger partial charge is 0.424 e. The zero-order valence-electron chi connectivity index (χ0n) is 23.4. The lowest BCUT2D eigenvalue weighted by atomic mass is 9.82. The number of benzene rings is 2. The Morgan fingerprint density at radius 3 is 2.48 bits per heavy atom. The molecule has 0 radical (unpaired) electrons. The lowest BCUT2D eigenvalue weighted by Gasteiger charge is -2.32. The number of rotatable bonds is 11. The molecule has 0 spiro atoms. The Morgan fingerprint density at radius 2 is 1.86 bits per heavy atom. The highest BCUT2D eigenvalue weighted by molar-refractivity contribution is 5.95. The molecule has 14 heteroatoms. The van der Waals surface area contributed by atoms with E-state index >= 15 is 0 Å². The molecule has 4 N–H and O–H groups in total. The second-order valence-electron chi connectivity index (χ2n) is 11.3. The number of phenols is 1. The summed E-state index contributed by atoms with van der Waals surface area (Å²) in [5.74, 6) is -2.48. The van der Waals surface area contributed by atoms with Crippen molar-refractivity contribution in [1.82, 2.24) is 15.6 Å². The minimum absolute atomic E-state index is 0.0445. The third kappa shape index (κ3) is 6.41. The number of nitrogens with one attached hydrogen (secondary N) is 2. The summed E-state index contributed by atoms with van der Waals surface area (Å²) in [6.45, 7) is -1.65. The molecule has 1 aliphatic carbocycles. The minimum atomic E-state index is -5.35. The number of aromatic nitrogens is 1. The van der Waals surface area contributed by atoms with E-state index in [1.807, 2.05) is 5.32 Å². The summed E-state index contributed by atoms with van der Waals surface area (Å²) in [6, 6.07) is 8.53. The number of ether oxygens (including phenoxy) is 2. The normalized spacial score (nSPS) is 19.3. The molecule has 2 aliphatic rings. The van der Waals surface area contributed by atoms with Crippen LogP contribution in [-0.4, -0.2) is 60.1 Å². The number of pyridine rings is 1. The van der Waals surface area contributed by atoms with Crippen LogP contribution in [0.25, 0.3) is 11.3 Å². The van der Waals surface area contributed by atoms with Gasteiger partial charge in [0, 0.05) is 28.7 Å². The molecule has 0 saturated heterocycles. The number of carbonyl (C=O) groups excluding carboxylic acids is 1. The maximum Gasteiger partial charge on any atom is 0.424 e. The predicted octanol–water partition coefficient (Wildman–Crippen LogP) is 5.02. The average Bonchev–Trinajstić information content (AvgIpc) is 3.73. The zero-order chi connectivity index (χ0) is 31.9. The molecule has 1 amide bonds. The third-order valence-electron chi connectivity index (χ3n) is 7.76. The van der Waals surface area contributed by atoms with E-state index in [0.717, 1.165) is 55.8 Å². The number of alkyl halides is 5. The maximum absolute atomic E-state index is 14.6. The van der Waals surface area contributed by atoms with Crippen LogP contribution in [0, 0.1) is 11.7 Å². The van der Waals surface area contributed by atoms with Crippen molar-refractivity contribution in [1.29, 1.82) is 0 Å². The van der Waals surface area contributed by atoms with Crippen LogP contribution in [0.1, 0.15) is 41.4 Å². The van der Waals surface area contributed by atoms with E-state index in [-0.39, 0.29) is 29.2 Å². The number of hydrogen-bond acceptors (Lipinski definition) is 7. The first-order valence-electron chi connectivity index (χ1n) is 13.7. The van der Waals surface area contributed by atoms with Crippen LogP contribution in [-0.2, 0) is 11.0 Å². The van der Waals surface area contributed by atoms with Crippen LogP contribution in [0.3, 0.4) is 0 Å². The number of fused-ring (bicyclic) bond motifs is 1. The van der Waals surface area contributed by atoms with Crippen molar-refractivity contribution in [3.63, 3.8) is 0 Å². The molecule has 236 valence electrons. The Kier molecular flexibility index (Phi) is 8.42. The van der Waals surface area contributed by atoms with Crippen molar-refractivity contribution in [2.75, 3.05) is 26.2 Å². The van der Waals surface area contributed by atoms with E-state index in [1.165, 1.54) is 12.1 Å². The second-order valence-corrected chi connectivity index (χ2v) is 11.3. The van der Waals surface area contributed by atoms with Gasteiger partial charge in [0.05, 0.1) is 18.8 Å². The molecule has 3 aromatic rings. The standard InChI is InChI=1S/C30H29F6N3O5/c1-28(13-37-12-16-2-3-16)15-43-25-20(28)11-23(39-24(25)17-4-7-19(31)8-5-17)29(42,30(34,35)36)14-38-26(41)18-6-9-22(21(40)10-18)44-27(32)33/h4-11,16,27,37,40,42H,2-3,12-15H2,1H3,(H,38,41)/t28-,29-/m0/s1. The largest absolute Gasteiger partial charge is 0.504 e. The number of nitrogens with zero attached hydrogens (tertiary/aromatic N) is 1. The number of aromatic hydroxyl groups is 1.